The first-order chi connectivity index (χ1) is 6.84. The van der Waals surface area contributed by atoms with Crippen molar-refractivity contribution in [3.63, 3.8) is 0 Å². The molecule has 1 fully saturated rings. The van der Waals surface area contributed by atoms with Crippen LogP contribution in [0, 0.1) is 0 Å². The van der Waals surface area contributed by atoms with Crippen molar-refractivity contribution < 1.29 is 4.42 Å². The van der Waals surface area contributed by atoms with Crippen LogP contribution in [0.5, 0.6) is 0 Å². The largest absolute Gasteiger partial charge is 0.472 e. The van der Waals surface area contributed by atoms with Gasteiger partial charge in [0.25, 0.3) is 0 Å². The van der Waals surface area contributed by atoms with Crippen LogP contribution in [-0.2, 0) is 6.54 Å². The van der Waals surface area contributed by atoms with Crippen LogP contribution in [0.15, 0.2) is 23.0 Å². The molecular formula is C11H18N2O. The minimum absolute atomic E-state index is 0.394. The number of rotatable bonds is 3. The van der Waals surface area contributed by atoms with Gasteiger partial charge < -0.3 is 15.5 Å². The van der Waals surface area contributed by atoms with E-state index in [2.05, 4.69) is 5.32 Å². The lowest BCUT2D eigenvalue weighted by atomic mass is 9.91. The van der Waals surface area contributed by atoms with Crippen LogP contribution in [0.4, 0.5) is 0 Å². The second-order valence-corrected chi connectivity index (χ2v) is 4.14. The van der Waals surface area contributed by atoms with E-state index in [1.807, 2.05) is 6.07 Å². The number of nitrogens with two attached hydrogens (primary N) is 1. The van der Waals surface area contributed by atoms with Crippen LogP contribution < -0.4 is 11.1 Å². The normalized spacial score (nSPS) is 27.8. The van der Waals surface area contributed by atoms with Crippen LogP contribution in [0.3, 0.4) is 0 Å². The standard InChI is InChI=1S/C11H18N2O/c12-10-2-1-3-11(6-10)13-7-9-4-5-14-8-9/h4-5,8,10-11,13H,1-3,6-7,12H2. The lowest BCUT2D eigenvalue weighted by molar-refractivity contribution is 0.338. The number of nitrogens with one attached hydrogen (secondary N) is 1. The highest BCUT2D eigenvalue weighted by Crippen LogP contribution is 2.17. The molecule has 2 atom stereocenters. The molecule has 0 aromatic carbocycles. The average molecular weight is 194 g/mol. The van der Waals surface area contributed by atoms with Crippen LogP contribution >= 0.6 is 0 Å². The van der Waals surface area contributed by atoms with Gasteiger partial charge in [-0.25, -0.2) is 0 Å². The summed E-state index contributed by atoms with van der Waals surface area (Å²) in [5, 5.41) is 3.51. The molecule has 1 saturated carbocycles. The number of hydrogen-bond donors (Lipinski definition) is 2. The lowest BCUT2D eigenvalue weighted by Gasteiger charge is -2.27. The van der Waals surface area contributed by atoms with Crippen molar-refractivity contribution in [2.24, 2.45) is 5.73 Å². The summed E-state index contributed by atoms with van der Waals surface area (Å²) >= 11 is 0. The highest BCUT2D eigenvalue weighted by atomic mass is 16.3. The van der Waals surface area contributed by atoms with E-state index < -0.39 is 0 Å². The third-order valence-electron chi connectivity index (χ3n) is 2.89. The Balaban J connectivity index is 1.75. The van der Waals surface area contributed by atoms with E-state index in [0.717, 1.165) is 13.0 Å². The second kappa shape index (κ2) is 4.62. The summed E-state index contributed by atoms with van der Waals surface area (Å²) in [6.45, 7) is 0.897. The first-order valence-electron chi connectivity index (χ1n) is 5.34. The number of hydrogen-bond acceptors (Lipinski definition) is 3. The summed E-state index contributed by atoms with van der Waals surface area (Å²) in [5.74, 6) is 0. The Morgan fingerprint density at radius 2 is 2.43 bits per heavy atom. The summed E-state index contributed by atoms with van der Waals surface area (Å²) in [6, 6.07) is 2.98. The molecule has 3 N–H and O–H groups in total. The maximum Gasteiger partial charge on any atom is 0.0947 e. The Hall–Kier alpha value is -0.800. The average Bonchev–Trinajstić information content (AvgIpc) is 2.67. The van der Waals surface area contributed by atoms with Crippen molar-refractivity contribution in [3.05, 3.63) is 24.2 Å². The molecule has 0 spiro atoms. The van der Waals surface area contributed by atoms with Gasteiger partial charge in [0.15, 0.2) is 0 Å². The molecule has 0 aliphatic heterocycles. The van der Waals surface area contributed by atoms with Gasteiger partial charge in [0.1, 0.15) is 0 Å². The van der Waals surface area contributed by atoms with Crippen molar-refractivity contribution in [1.82, 2.24) is 5.32 Å². The SMILES string of the molecule is NC1CCCC(NCc2ccoc2)C1. The predicted molar refractivity (Wildman–Crippen MR) is 55.8 cm³/mol. The molecule has 2 unspecified atom stereocenters. The molecule has 2 rings (SSSR count). The topological polar surface area (TPSA) is 51.2 Å². The zero-order chi connectivity index (χ0) is 9.80. The second-order valence-electron chi connectivity index (χ2n) is 4.14. The van der Waals surface area contributed by atoms with E-state index in [9.17, 15) is 0 Å². The Morgan fingerprint density at radius 3 is 3.14 bits per heavy atom. The Morgan fingerprint density at radius 1 is 1.50 bits per heavy atom. The fourth-order valence-corrected chi connectivity index (χ4v) is 2.07. The van der Waals surface area contributed by atoms with E-state index in [0.29, 0.717) is 12.1 Å². The predicted octanol–water partition coefficient (Wildman–Crippen LogP) is 1.64. The molecule has 1 aromatic rings. The molecule has 0 radical (unpaired) electrons. The van der Waals surface area contributed by atoms with Crippen LogP contribution in [-0.4, -0.2) is 12.1 Å². The maximum absolute atomic E-state index is 5.92. The van der Waals surface area contributed by atoms with Crippen molar-refractivity contribution in [1.29, 1.82) is 0 Å². The molecule has 0 bridgehead atoms. The first-order valence-corrected chi connectivity index (χ1v) is 5.34. The van der Waals surface area contributed by atoms with Gasteiger partial charge in [-0.2, -0.15) is 0 Å². The van der Waals surface area contributed by atoms with Crippen LogP contribution in [0.25, 0.3) is 0 Å². The fourth-order valence-electron chi connectivity index (χ4n) is 2.07. The van der Waals surface area contributed by atoms with Crippen molar-refractivity contribution in [2.45, 2.75) is 44.3 Å². The molecule has 0 amide bonds. The molecule has 78 valence electrons. The van der Waals surface area contributed by atoms with Gasteiger partial charge in [0, 0.05) is 24.2 Å². The van der Waals surface area contributed by atoms with Gasteiger partial charge in [-0.3, -0.25) is 0 Å². The van der Waals surface area contributed by atoms with Crippen molar-refractivity contribution in [3.8, 4) is 0 Å². The molecule has 1 heterocycles. The lowest BCUT2D eigenvalue weighted by Crippen LogP contribution is -2.38. The molecule has 0 saturated heterocycles. The summed E-state index contributed by atoms with van der Waals surface area (Å²) in [7, 11) is 0. The zero-order valence-corrected chi connectivity index (χ0v) is 8.41. The molecule has 3 nitrogen and oxygen atoms in total. The fraction of sp³-hybridized carbons (Fsp3) is 0.636. The van der Waals surface area contributed by atoms with Crippen molar-refractivity contribution >= 4 is 0 Å². The maximum atomic E-state index is 5.92. The Kier molecular flexibility index (Phi) is 3.22. The molecule has 1 aliphatic carbocycles. The van der Waals surface area contributed by atoms with Gasteiger partial charge >= 0.3 is 0 Å². The molecule has 1 aromatic heterocycles. The first kappa shape index (κ1) is 9.74. The Labute approximate surface area is 84.7 Å². The molecular weight excluding hydrogens is 176 g/mol. The zero-order valence-electron chi connectivity index (χ0n) is 8.41. The summed E-state index contributed by atoms with van der Waals surface area (Å²) in [4.78, 5) is 0. The minimum atomic E-state index is 0.394. The molecule has 3 heteroatoms. The van der Waals surface area contributed by atoms with E-state index in [-0.39, 0.29) is 0 Å². The van der Waals surface area contributed by atoms with Gasteiger partial charge in [-0.15, -0.1) is 0 Å². The van der Waals surface area contributed by atoms with E-state index in [4.69, 9.17) is 10.2 Å². The van der Waals surface area contributed by atoms with Gasteiger partial charge in [-0.05, 0) is 25.3 Å². The monoisotopic (exact) mass is 194 g/mol. The van der Waals surface area contributed by atoms with Crippen molar-refractivity contribution in [2.75, 3.05) is 0 Å². The van der Waals surface area contributed by atoms with E-state index in [1.54, 1.807) is 12.5 Å². The quantitative estimate of drug-likeness (QED) is 0.769. The molecule has 1 aliphatic rings. The summed E-state index contributed by atoms with van der Waals surface area (Å²) < 4.78 is 5.01. The van der Waals surface area contributed by atoms with Gasteiger partial charge in [0.05, 0.1) is 12.5 Å². The van der Waals surface area contributed by atoms with E-state index in [1.165, 1.54) is 24.8 Å². The number of furan rings is 1. The van der Waals surface area contributed by atoms with Crippen LogP contribution in [0.2, 0.25) is 0 Å². The van der Waals surface area contributed by atoms with Gasteiger partial charge in [0.2, 0.25) is 0 Å². The van der Waals surface area contributed by atoms with E-state index >= 15 is 0 Å². The minimum Gasteiger partial charge on any atom is -0.472 e. The Bertz CT molecular complexity index is 258. The highest BCUT2D eigenvalue weighted by molar-refractivity contribution is 5.04. The molecule has 14 heavy (non-hydrogen) atoms. The van der Waals surface area contributed by atoms with Gasteiger partial charge in [-0.1, -0.05) is 6.42 Å². The van der Waals surface area contributed by atoms with Crippen LogP contribution in [0.1, 0.15) is 31.2 Å². The summed E-state index contributed by atoms with van der Waals surface area (Å²) in [5.41, 5.74) is 7.13. The highest BCUT2D eigenvalue weighted by Gasteiger charge is 2.18. The third kappa shape index (κ3) is 2.59. The third-order valence-corrected chi connectivity index (χ3v) is 2.89. The smallest absolute Gasteiger partial charge is 0.0947 e. The summed E-state index contributed by atoms with van der Waals surface area (Å²) in [6.07, 6.45) is 8.30.